The van der Waals surface area contributed by atoms with Crippen LogP contribution in [0.3, 0.4) is 0 Å². The summed E-state index contributed by atoms with van der Waals surface area (Å²) in [4.78, 5) is 20.7. The van der Waals surface area contributed by atoms with Gasteiger partial charge in [-0.25, -0.2) is 14.5 Å². The van der Waals surface area contributed by atoms with Crippen LogP contribution in [0.2, 0.25) is 0 Å². The molecule has 3 aromatic rings. The highest BCUT2D eigenvalue weighted by Crippen LogP contribution is 2.30. The molecule has 4 rings (SSSR count). The lowest BCUT2D eigenvalue weighted by atomic mass is 10.1. The van der Waals surface area contributed by atoms with Crippen LogP contribution in [0.1, 0.15) is 36.6 Å². The van der Waals surface area contributed by atoms with Gasteiger partial charge in [0.15, 0.2) is 5.65 Å². The Balaban J connectivity index is 1.54. The van der Waals surface area contributed by atoms with Crippen molar-refractivity contribution in [2.75, 3.05) is 0 Å². The number of hydrogen-bond acceptors (Lipinski definition) is 5. The topological polar surface area (TPSA) is 104 Å². The highest BCUT2D eigenvalue weighted by molar-refractivity contribution is 5.53. The minimum absolute atomic E-state index is 0.212. The fraction of sp³-hybridized carbons (Fsp3) is 0.375. The third-order valence-corrected chi connectivity index (χ3v) is 4.60. The van der Waals surface area contributed by atoms with Gasteiger partial charge >= 0.3 is 0 Å². The summed E-state index contributed by atoms with van der Waals surface area (Å²) in [5.74, 6) is 0. The number of fused-ring (bicyclic) bond motifs is 1. The Labute approximate surface area is 137 Å². The first-order valence-electron chi connectivity index (χ1n) is 7.97. The van der Waals surface area contributed by atoms with Crippen molar-refractivity contribution in [1.29, 1.82) is 5.26 Å². The number of aromatic amines is 1. The molecule has 1 aliphatic rings. The number of nitriles is 1. The molecular formula is C16H17N7O. The molecular weight excluding hydrogens is 306 g/mol. The molecule has 0 aromatic carbocycles. The average molecular weight is 323 g/mol. The average Bonchev–Trinajstić information content (AvgIpc) is 3.31. The van der Waals surface area contributed by atoms with Crippen LogP contribution >= 0.6 is 0 Å². The Hall–Kier alpha value is -2.92. The number of hydrogen-bond donors (Lipinski definition) is 2. The Kier molecular flexibility index (Phi) is 3.63. The van der Waals surface area contributed by atoms with E-state index in [9.17, 15) is 4.79 Å². The first-order valence-corrected chi connectivity index (χ1v) is 7.97. The number of rotatable bonds is 4. The molecule has 3 heterocycles. The Morgan fingerprint density at radius 3 is 3.17 bits per heavy atom. The molecule has 8 nitrogen and oxygen atoms in total. The molecule has 0 unspecified atom stereocenters. The molecule has 1 saturated carbocycles. The monoisotopic (exact) mass is 323 g/mol. The van der Waals surface area contributed by atoms with Crippen molar-refractivity contribution in [3.63, 3.8) is 0 Å². The van der Waals surface area contributed by atoms with Crippen LogP contribution in [0.15, 0.2) is 35.8 Å². The van der Waals surface area contributed by atoms with Crippen LogP contribution in [0.5, 0.6) is 0 Å². The summed E-state index contributed by atoms with van der Waals surface area (Å²) in [5.41, 5.74) is 1.17. The normalized spacial score (nSPS) is 20.5. The zero-order valence-electron chi connectivity index (χ0n) is 13.0. The molecule has 0 spiro atoms. The van der Waals surface area contributed by atoms with E-state index >= 15 is 0 Å². The summed E-state index contributed by atoms with van der Waals surface area (Å²) in [5, 5.41) is 15.4. The molecule has 8 heteroatoms. The van der Waals surface area contributed by atoms with Crippen molar-refractivity contribution >= 4 is 5.65 Å². The predicted molar refractivity (Wildman–Crippen MR) is 86.3 cm³/mol. The molecule has 0 aliphatic heterocycles. The standard InChI is InChI=1S/C16H17N7O/c17-7-11-8-20-23-15(24)6-12(21-16(11)23)9-19-13-2-1-3-14(13)22-5-4-18-10-22/h4-6,8,10,13-14,19-20H,1-3,9H2/t13-,14+/m1/s1. The lowest BCUT2D eigenvalue weighted by molar-refractivity contribution is 0.389. The van der Waals surface area contributed by atoms with E-state index in [1.807, 2.05) is 18.6 Å². The fourth-order valence-corrected chi connectivity index (χ4v) is 3.44. The van der Waals surface area contributed by atoms with Crippen LogP contribution in [-0.4, -0.2) is 30.2 Å². The van der Waals surface area contributed by atoms with Crippen molar-refractivity contribution in [2.24, 2.45) is 0 Å². The van der Waals surface area contributed by atoms with Crippen LogP contribution in [0.25, 0.3) is 5.65 Å². The highest BCUT2D eigenvalue weighted by atomic mass is 16.1. The van der Waals surface area contributed by atoms with E-state index in [1.54, 1.807) is 6.20 Å². The van der Waals surface area contributed by atoms with Gasteiger partial charge in [0, 0.05) is 43.3 Å². The number of imidazole rings is 1. The van der Waals surface area contributed by atoms with Crippen LogP contribution in [0.4, 0.5) is 0 Å². The van der Waals surface area contributed by atoms with E-state index in [4.69, 9.17) is 5.26 Å². The van der Waals surface area contributed by atoms with E-state index in [0.29, 0.717) is 35.5 Å². The van der Waals surface area contributed by atoms with Gasteiger partial charge in [0.25, 0.3) is 5.56 Å². The smallest absolute Gasteiger partial charge is 0.272 e. The summed E-state index contributed by atoms with van der Waals surface area (Å²) < 4.78 is 3.42. The van der Waals surface area contributed by atoms with Gasteiger partial charge < -0.3 is 9.88 Å². The van der Waals surface area contributed by atoms with Gasteiger partial charge in [0.05, 0.1) is 12.0 Å². The lowest BCUT2D eigenvalue weighted by Gasteiger charge is -2.22. The summed E-state index contributed by atoms with van der Waals surface area (Å²) in [7, 11) is 0. The largest absolute Gasteiger partial charge is 0.333 e. The van der Waals surface area contributed by atoms with Crippen molar-refractivity contribution in [3.8, 4) is 6.07 Å². The molecule has 1 fully saturated rings. The second kappa shape index (κ2) is 5.94. The maximum absolute atomic E-state index is 12.1. The number of nitrogens with one attached hydrogen (secondary N) is 2. The Morgan fingerprint density at radius 2 is 2.38 bits per heavy atom. The van der Waals surface area contributed by atoms with Crippen molar-refractivity contribution in [3.05, 3.63) is 52.6 Å². The fourth-order valence-electron chi connectivity index (χ4n) is 3.44. The first-order chi connectivity index (χ1) is 11.8. The predicted octanol–water partition coefficient (Wildman–Crippen LogP) is 0.974. The van der Waals surface area contributed by atoms with E-state index in [-0.39, 0.29) is 5.56 Å². The highest BCUT2D eigenvalue weighted by Gasteiger charge is 2.28. The number of nitrogens with zero attached hydrogens (tertiary/aromatic N) is 5. The van der Waals surface area contributed by atoms with E-state index in [0.717, 1.165) is 19.3 Å². The molecule has 2 N–H and O–H groups in total. The van der Waals surface area contributed by atoms with Gasteiger partial charge in [-0.15, -0.1) is 0 Å². The molecule has 2 atom stereocenters. The van der Waals surface area contributed by atoms with Gasteiger partial charge in [-0.2, -0.15) is 5.26 Å². The summed E-state index contributed by atoms with van der Waals surface area (Å²) >= 11 is 0. The molecule has 0 radical (unpaired) electrons. The third-order valence-electron chi connectivity index (χ3n) is 4.60. The quantitative estimate of drug-likeness (QED) is 0.744. The van der Waals surface area contributed by atoms with E-state index < -0.39 is 0 Å². The molecule has 0 saturated heterocycles. The molecule has 24 heavy (non-hydrogen) atoms. The van der Waals surface area contributed by atoms with Gasteiger partial charge in [-0.3, -0.25) is 9.89 Å². The van der Waals surface area contributed by atoms with Gasteiger partial charge in [0.1, 0.15) is 11.6 Å². The van der Waals surface area contributed by atoms with E-state index in [1.165, 1.54) is 16.8 Å². The van der Waals surface area contributed by atoms with E-state index in [2.05, 4.69) is 25.0 Å². The Bertz CT molecular complexity index is 947. The maximum atomic E-state index is 12.1. The number of aromatic nitrogens is 5. The molecule has 122 valence electrons. The summed E-state index contributed by atoms with van der Waals surface area (Å²) in [6.07, 6.45) is 10.5. The second-order valence-electron chi connectivity index (χ2n) is 6.04. The van der Waals surface area contributed by atoms with Crippen LogP contribution < -0.4 is 10.9 Å². The Morgan fingerprint density at radius 1 is 1.46 bits per heavy atom. The summed E-state index contributed by atoms with van der Waals surface area (Å²) in [6, 6.07) is 4.24. The van der Waals surface area contributed by atoms with Crippen molar-refractivity contribution < 1.29 is 0 Å². The minimum atomic E-state index is -0.212. The lowest BCUT2D eigenvalue weighted by Crippen LogP contribution is -2.33. The van der Waals surface area contributed by atoms with Crippen LogP contribution in [-0.2, 0) is 6.54 Å². The van der Waals surface area contributed by atoms with Gasteiger partial charge in [-0.05, 0) is 19.3 Å². The molecule has 1 aliphatic carbocycles. The van der Waals surface area contributed by atoms with Crippen molar-refractivity contribution in [2.45, 2.75) is 37.9 Å². The van der Waals surface area contributed by atoms with Gasteiger partial charge in [-0.1, -0.05) is 0 Å². The first kappa shape index (κ1) is 14.7. The minimum Gasteiger partial charge on any atom is -0.333 e. The molecule has 3 aromatic heterocycles. The molecule has 0 amide bonds. The van der Waals surface area contributed by atoms with Crippen LogP contribution in [0, 0.1) is 11.3 Å². The maximum Gasteiger partial charge on any atom is 0.272 e. The van der Waals surface area contributed by atoms with Gasteiger partial charge in [0.2, 0.25) is 0 Å². The van der Waals surface area contributed by atoms with Crippen molar-refractivity contribution in [1.82, 2.24) is 29.5 Å². The third kappa shape index (κ3) is 2.49. The molecule has 0 bridgehead atoms. The zero-order chi connectivity index (χ0) is 16.5. The number of H-pyrrole nitrogens is 1. The summed E-state index contributed by atoms with van der Waals surface area (Å²) in [6.45, 7) is 0.498. The second-order valence-corrected chi connectivity index (χ2v) is 6.04. The zero-order valence-corrected chi connectivity index (χ0v) is 13.0. The SMILES string of the molecule is N#Cc1c[nH]n2c(=O)cc(CN[C@@H]3CCC[C@@H]3n3ccnc3)nc12.